The molecule has 0 saturated heterocycles. The quantitative estimate of drug-likeness (QED) is 0.556. The monoisotopic (exact) mass is 389 g/mol. The minimum absolute atomic E-state index is 0.127. The fourth-order valence-electron chi connectivity index (χ4n) is 4.12. The zero-order chi connectivity index (χ0) is 19.8. The predicted molar refractivity (Wildman–Crippen MR) is 110 cm³/mol. The first-order chi connectivity index (χ1) is 14.2. The van der Waals surface area contributed by atoms with Crippen LogP contribution in [0.25, 0.3) is 33.9 Å². The van der Waals surface area contributed by atoms with Gasteiger partial charge in [-0.3, -0.25) is 14.6 Å². The summed E-state index contributed by atoms with van der Waals surface area (Å²) >= 11 is 0. The van der Waals surface area contributed by atoms with E-state index in [0.717, 1.165) is 22.6 Å². The van der Waals surface area contributed by atoms with Gasteiger partial charge in [-0.15, -0.1) is 0 Å². The highest BCUT2D eigenvalue weighted by atomic mass is 16.1. The molecule has 3 heterocycles. The molecule has 2 N–H and O–H groups in total. The second-order valence-corrected chi connectivity index (χ2v) is 7.79. The van der Waals surface area contributed by atoms with E-state index >= 15 is 0 Å². The van der Waals surface area contributed by atoms with Gasteiger partial charge in [0, 0.05) is 17.7 Å². The van der Waals surface area contributed by atoms with E-state index in [1.807, 2.05) is 31.2 Å². The Morgan fingerprint density at radius 3 is 2.55 bits per heavy atom. The number of aryl methyl sites for hydroxylation is 1. The Morgan fingerprint density at radius 2 is 1.83 bits per heavy atom. The number of aromatic nitrogens is 7. The number of H-pyrrole nitrogens is 2. The summed E-state index contributed by atoms with van der Waals surface area (Å²) in [5.41, 5.74) is 3.66. The van der Waals surface area contributed by atoms with Gasteiger partial charge in [0.05, 0.1) is 11.9 Å². The number of hydrogen-bond acceptors (Lipinski definition) is 5. The number of rotatable bonds is 4. The molecule has 1 aliphatic carbocycles. The lowest BCUT2D eigenvalue weighted by molar-refractivity contribution is 0.319. The number of nitrogens with zero attached hydrogens (tertiary/aromatic N) is 5. The molecule has 5 rings (SSSR count). The normalized spacial score (nSPS) is 15.2. The first-order valence-corrected chi connectivity index (χ1v) is 10.1. The zero-order valence-electron chi connectivity index (χ0n) is 16.4. The van der Waals surface area contributed by atoms with Gasteiger partial charge in [0.1, 0.15) is 5.82 Å². The van der Waals surface area contributed by atoms with Crippen LogP contribution in [0.4, 0.5) is 0 Å². The second-order valence-electron chi connectivity index (χ2n) is 7.79. The van der Waals surface area contributed by atoms with Crippen LogP contribution >= 0.6 is 0 Å². The van der Waals surface area contributed by atoms with Crippen LogP contribution in [0.1, 0.15) is 37.9 Å². The van der Waals surface area contributed by atoms with E-state index in [2.05, 4.69) is 25.1 Å². The maximum Gasteiger partial charge on any atom is 0.328 e. The van der Waals surface area contributed by atoms with Crippen molar-refractivity contribution in [3.05, 3.63) is 46.8 Å². The van der Waals surface area contributed by atoms with Crippen LogP contribution in [0.3, 0.4) is 0 Å². The molecule has 3 aromatic heterocycles. The van der Waals surface area contributed by atoms with E-state index in [1.54, 1.807) is 10.8 Å². The second kappa shape index (κ2) is 7.27. The summed E-state index contributed by atoms with van der Waals surface area (Å²) in [6.07, 6.45) is 7.84. The van der Waals surface area contributed by atoms with Crippen molar-refractivity contribution in [1.29, 1.82) is 0 Å². The highest BCUT2D eigenvalue weighted by Gasteiger charge is 2.18. The van der Waals surface area contributed by atoms with Gasteiger partial charge in [0.15, 0.2) is 17.1 Å². The maximum atomic E-state index is 12.5. The van der Waals surface area contributed by atoms with E-state index in [4.69, 9.17) is 4.98 Å². The van der Waals surface area contributed by atoms with Crippen molar-refractivity contribution in [3.8, 4) is 22.6 Å². The van der Waals surface area contributed by atoms with Crippen molar-refractivity contribution in [2.24, 2.45) is 5.92 Å². The van der Waals surface area contributed by atoms with Crippen LogP contribution in [0.15, 0.2) is 35.3 Å². The summed E-state index contributed by atoms with van der Waals surface area (Å²) in [6.45, 7) is 2.58. The van der Waals surface area contributed by atoms with E-state index in [0.29, 0.717) is 29.6 Å². The Morgan fingerprint density at radius 1 is 1.07 bits per heavy atom. The molecule has 0 aliphatic heterocycles. The fourth-order valence-corrected chi connectivity index (χ4v) is 4.12. The fraction of sp³-hybridized carbons (Fsp3) is 0.381. The molecule has 0 amide bonds. The molecule has 8 nitrogen and oxygen atoms in total. The van der Waals surface area contributed by atoms with Gasteiger partial charge >= 0.3 is 5.69 Å². The molecular weight excluding hydrogens is 366 g/mol. The number of hydrogen-bond donors (Lipinski definition) is 2. The molecular formula is C21H23N7O. The average Bonchev–Trinajstić information content (AvgIpc) is 3.32. The van der Waals surface area contributed by atoms with Crippen LogP contribution in [-0.4, -0.2) is 34.7 Å². The third-order valence-electron chi connectivity index (χ3n) is 5.68. The first-order valence-electron chi connectivity index (χ1n) is 10.1. The van der Waals surface area contributed by atoms with Crippen molar-refractivity contribution in [2.75, 3.05) is 0 Å². The van der Waals surface area contributed by atoms with E-state index in [1.165, 1.54) is 32.1 Å². The lowest BCUT2D eigenvalue weighted by atomic mass is 9.89. The minimum Gasteiger partial charge on any atom is -0.289 e. The van der Waals surface area contributed by atoms with Crippen molar-refractivity contribution in [3.63, 3.8) is 0 Å². The smallest absolute Gasteiger partial charge is 0.289 e. The Hall–Kier alpha value is -3.29. The molecule has 0 spiro atoms. The molecule has 0 atom stereocenters. The Labute approximate surface area is 167 Å². The minimum atomic E-state index is -0.127. The van der Waals surface area contributed by atoms with Crippen LogP contribution in [0.2, 0.25) is 0 Å². The maximum absolute atomic E-state index is 12.5. The summed E-state index contributed by atoms with van der Waals surface area (Å²) in [5.74, 6) is 1.99. The molecule has 1 aromatic carbocycles. The number of fused-ring (bicyclic) bond motifs is 1. The molecule has 29 heavy (non-hydrogen) atoms. The third kappa shape index (κ3) is 3.46. The number of imidazole rings is 1. The number of benzene rings is 1. The average molecular weight is 389 g/mol. The van der Waals surface area contributed by atoms with Gasteiger partial charge in [-0.05, 0) is 25.7 Å². The van der Waals surface area contributed by atoms with Gasteiger partial charge in [-0.2, -0.15) is 5.10 Å². The van der Waals surface area contributed by atoms with Crippen LogP contribution in [-0.2, 0) is 6.54 Å². The van der Waals surface area contributed by atoms with Gasteiger partial charge in [-0.25, -0.2) is 19.7 Å². The van der Waals surface area contributed by atoms with Gasteiger partial charge in [0.2, 0.25) is 0 Å². The SMILES string of the molecule is Cc1nc(-c2ccc(-c3cnc4[nH]c(=O)n(CC5CCCCC5)c4n3)cc2)n[nH]1. The highest BCUT2D eigenvalue weighted by molar-refractivity contribution is 5.72. The van der Waals surface area contributed by atoms with Crippen molar-refractivity contribution < 1.29 is 0 Å². The van der Waals surface area contributed by atoms with Gasteiger partial charge in [-0.1, -0.05) is 43.5 Å². The Balaban J connectivity index is 1.47. The van der Waals surface area contributed by atoms with Crippen molar-refractivity contribution >= 4 is 11.3 Å². The molecule has 8 heteroatoms. The number of aromatic amines is 2. The molecule has 1 fully saturated rings. The topological polar surface area (TPSA) is 105 Å². The molecule has 0 radical (unpaired) electrons. The van der Waals surface area contributed by atoms with E-state index in [-0.39, 0.29) is 5.69 Å². The summed E-state index contributed by atoms with van der Waals surface area (Å²) in [5, 5.41) is 7.05. The zero-order valence-corrected chi connectivity index (χ0v) is 16.4. The van der Waals surface area contributed by atoms with Gasteiger partial charge in [0.25, 0.3) is 0 Å². The van der Waals surface area contributed by atoms with Crippen LogP contribution < -0.4 is 5.69 Å². The Kier molecular flexibility index (Phi) is 4.46. The third-order valence-corrected chi connectivity index (χ3v) is 5.68. The van der Waals surface area contributed by atoms with Crippen LogP contribution in [0.5, 0.6) is 0 Å². The molecule has 4 aromatic rings. The van der Waals surface area contributed by atoms with E-state index < -0.39 is 0 Å². The largest absolute Gasteiger partial charge is 0.328 e. The molecule has 0 bridgehead atoms. The summed E-state index contributed by atoms with van der Waals surface area (Å²) in [7, 11) is 0. The molecule has 1 saturated carbocycles. The summed E-state index contributed by atoms with van der Waals surface area (Å²) < 4.78 is 1.76. The summed E-state index contributed by atoms with van der Waals surface area (Å²) in [6, 6.07) is 7.90. The van der Waals surface area contributed by atoms with Gasteiger partial charge < -0.3 is 0 Å². The standard InChI is InChI=1S/C21H23N7O/c1-13-23-18(27-26-13)16-9-7-15(8-10-16)17-11-22-19-20(24-17)28(21(29)25-19)12-14-5-3-2-4-6-14/h7-11,14H,2-6,12H2,1H3,(H,22,25,29)(H,23,26,27). The van der Waals surface area contributed by atoms with Crippen molar-refractivity contribution in [2.45, 2.75) is 45.6 Å². The molecule has 1 aliphatic rings. The van der Waals surface area contributed by atoms with Crippen molar-refractivity contribution in [1.82, 2.24) is 34.7 Å². The number of nitrogens with one attached hydrogen (secondary N) is 2. The lowest BCUT2D eigenvalue weighted by Crippen LogP contribution is -2.23. The lowest BCUT2D eigenvalue weighted by Gasteiger charge is -2.21. The molecule has 148 valence electrons. The molecule has 0 unspecified atom stereocenters. The predicted octanol–water partition coefficient (Wildman–Crippen LogP) is 3.46. The Bertz CT molecular complexity index is 1200. The highest BCUT2D eigenvalue weighted by Crippen LogP contribution is 2.26. The van der Waals surface area contributed by atoms with Crippen LogP contribution in [0, 0.1) is 12.8 Å². The first kappa shape index (κ1) is 17.8. The summed E-state index contributed by atoms with van der Waals surface area (Å²) in [4.78, 5) is 28.9. The van der Waals surface area contributed by atoms with E-state index in [9.17, 15) is 4.79 Å².